The average molecular weight is 267 g/mol. The molecular weight excluding hydrogens is 246 g/mol. The molecule has 0 bridgehead atoms. The minimum atomic E-state index is 0.545. The minimum Gasteiger partial charge on any atom is -0.383 e. The van der Waals surface area contributed by atoms with Gasteiger partial charge in [-0.25, -0.2) is 9.97 Å². The summed E-state index contributed by atoms with van der Waals surface area (Å²) in [6.07, 6.45) is 9.71. The number of ether oxygens (including phenoxy) is 1. The van der Waals surface area contributed by atoms with Gasteiger partial charge in [0.2, 0.25) is 0 Å². The van der Waals surface area contributed by atoms with E-state index in [0.717, 1.165) is 24.9 Å². The number of aromatic nitrogens is 2. The highest BCUT2D eigenvalue weighted by Gasteiger charge is 2.22. The summed E-state index contributed by atoms with van der Waals surface area (Å²) in [5, 5.41) is 0.839. The summed E-state index contributed by atoms with van der Waals surface area (Å²) in [5.41, 5.74) is 1.19. The van der Waals surface area contributed by atoms with E-state index in [1.165, 1.54) is 24.8 Å². The van der Waals surface area contributed by atoms with Crippen LogP contribution in [-0.4, -0.2) is 47.4 Å². The van der Waals surface area contributed by atoms with Crippen molar-refractivity contribution in [3.05, 3.63) is 18.0 Å². The van der Waals surface area contributed by atoms with Gasteiger partial charge in [0.1, 0.15) is 0 Å². The van der Waals surface area contributed by atoms with Gasteiger partial charge in [0, 0.05) is 37.7 Å². The SMILES string of the molecule is COCC1CCCCN1Cc1cnc(SC)nc1. The maximum atomic E-state index is 5.31. The van der Waals surface area contributed by atoms with Gasteiger partial charge in [0.05, 0.1) is 6.61 Å². The lowest BCUT2D eigenvalue weighted by atomic mass is 10.0. The van der Waals surface area contributed by atoms with Gasteiger partial charge in [-0.1, -0.05) is 18.2 Å². The van der Waals surface area contributed by atoms with Crippen molar-refractivity contribution in [2.75, 3.05) is 26.5 Å². The fourth-order valence-electron chi connectivity index (χ4n) is 2.41. The van der Waals surface area contributed by atoms with Gasteiger partial charge in [-0.3, -0.25) is 4.90 Å². The van der Waals surface area contributed by atoms with Gasteiger partial charge in [-0.05, 0) is 25.6 Å². The molecule has 100 valence electrons. The molecule has 4 nitrogen and oxygen atoms in total. The molecular formula is C13H21N3OS. The van der Waals surface area contributed by atoms with E-state index in [1.54, 1.807) is 18.9 Å². The highest BCUT2D eigenvalue weighted by atomic mass is 32.2. The first-order chi connectivity index (χ1) is 8.83. The Morgan fingerprint density at radius 1 is 1.39 bits per heavy atom. The molecule has 1 aromatic rings. The second-order valence-corrected chi connectivity index (χ2v) is 5.43. The normalized spacial score (nSPS) is 21.1. The molecule has 0 radical (unpaired) electrons. The van der Waals surface area contributed by atoms with Crippen LogP contribution in [0.1, 0.15) is 24.8 Å². The number of thioether (sulfide) groups is 1. The van der Waals surface area contributed by atoms with E-state index in [-0.39, 0.29) is 0 Å². The standard InChI is InChI=1S/C13H21N3OS/c1-17-10-12-5-3-4-6-16(12)9-11-7-14-13(18-2)15-8-11/h7-8,12H,3-6,9-10H2,1-2H3. The van der Waals surface area contributed by atoms with E-state index in [4.69, 9.17) is 4.74 Å². The smallest absolute Gasteiger partial charge is 0.187 e. The topological polar surface area (TPSA) is 38.2 Å². The van der Waals surface area contributed by atoms with Crippen LogP contribution in [0.4, 0.5) is 0 Å². The molecule has 1 atom stereocenters. The highest BCUT2D eigenvalue weighted by Crippen LogP contribution is 2.19. The molecule has 2 rings (SSSR count). The van der Waals surface area contributed by atoms with Crippen LogP contribution < -0.4 is 0 Å². The Bertz CT molecular complexity index is 356. The Morgan fingerprint density at radius 2 is 2.17 bits per heavy atom. The molecule has 1 aliphatic rings. The Morgan fingerprint density at radius 3 is 2.83 bits per heavy atom. The summed E-state index contributed by atoms with van der Waals surface area (Å²) in [7, 11) is 1.78. The molecule has 1 unspecified atom stereocenters. The third-order valence-corrected chi connectivity index (χ3v) is 3.93. The summed E-state index contributed by atoms with van der Waals surface area (Å²) in [5.74, 6) is 0. The van der Waals surface area contributed by atoms with Gasteiger partial charge in [0.25, 0.3) is 0 Å². The van der Waals surface area contributed by atoms with Crippen molar-refractivity contribution in [3.63, 3.8) is 0 Å². The molecule has 0 spiro atoms. The van der Waals surface area contributed by atoms with E-state index in [1.807, 2.05) is 18.6 Å². The highest BCUT2D eigenvalue weighted by molar-refractivity contribution is 7.98. The van der Waals surface area contributed by atoms with Gasteiger partial charge < -0.3 is 4.74 Å². The molecule has 0 aromatic carbocycles. The largest absolute Gasteiger partial charge is 0.383 e. The van der Waals surface area contributed by atoms with Crippen LogP contribution >= 0.6 is 11.8 Å². The molecule has 0 saturated carbocycles. The number of rotatable bonds is 5. The van der Waals surface area contributed by atoms with Gasteiger partial charge in [0.15, 0.2) is 5.16 Å². The summed E-state index contributed by atoms with van der Waals surface area (Å²) >= 11 is 1.58. The molecule has 0 aliphatic carbocycles. The fourth-order valence-corrected chi connectivity index (χ4v) is 2.73. The van der Waals surface area contributed by atoms with Crippen molar-refractivity contribution < 1.29 is 4.74 Å². The van der Waals surface area contributed by atoms with Gasteiger partial charge >= 0.3 is 0 Å². The Kier molecular flexibility index (Phi) is 5.41. The van der Waals surface area contributed by atoms with E-state index >= 15 is 0 Å². The lowest BCUT2D eigenvalue weighted by Crippen LogP contribution is -2.41. The predicted octanol–water partition coefficient (Wildman–Crippen LogP) is 2.20. The molecule has 1 saturated heterocycles. The summed E-state index contributed by atoms with van der Waals surface area (Å²) in [4.78, 5) is 11.1. The van der Waals surface area contributed by atoms with Crippen LogP contribution in [0, 0.1) is 0 Å². The van der Waals surface area contributed by atoms with Crippen LogP contribution in [0.2, 0.25) is 0 Å². The lowest BCUT2D eigenvalue weighted by molar-refractivity contribution is 0.0599. The van der Waals surface area contributed by atoms with E-state index in [2.05, 4.69) is 14.9 Å². The molecule has 0 amide bonds. The summed E-state index contributed by atoms with van der Waals surface area (Å²) in [6, 6.07) is 0.545. The van der Waals surface area contributed by atoms with Crippen molar-refractivity contribution in [1.82, 2.24) is 14.9 Å². The molecule has 2 heterocycles. The first-order valence-corrected chi connectivity index (χ1v) is 7.64. The van der Waals surface area contributed by atoms with Crippen molar-refractivity contribution in [3.8, 4) is 0 Å². The van der Waals surface area contributed by atoms with Crippen molar-refractivity contribution >= 4 is 11.8 Å². The minimum absolute atomic E-state index is 0.545. The molecule has 0 N–H and O–H groups in total. The van der Waals surface area contributed by atoms with Crippen LogP contribution in [0.5, 0.6) is 0 Å². The average Bonchev–Trinajstić information content (AvgIpc) is 2.42. The summed E-state index contributed by atoms with van der Waals surface area (Å²) < 4.78 is 5.31. The number of hydrogen-bond acceptors (Lipinski definition) is 5. The number of likely N-dealkylation sites (tertiary alicyclic amines) is 1. The summed E-state index contributed by atoms with van der Waals surface area (Å²) in [6.45, 7) is 2.91. The van der Waals surface area contributed by atoms with Crippen LogP contribution in [-0.2, 0) is 11.3 Å². The fraction of sp³-hybridized carbons (Fsp3) is 0.692. The van der Waals surface area contributed by atoms with Crippen LogP contribution in [0.25, 0.3) is 0 Å². The molecule has 18 heavy (non-hydrogen) atoms. The van der Waals surface area contributed by atoms with Crippen molar-refractivity contribution in [2.45, 2.75) is 37.0 Å². The predicted molar refractivity (Wildman–Crippen MR) is 73.7 cm³/mol. The van der Waals surface area contributed by atoms with E-state index < -0.39 is 0 Å². The van der Waals surface area contributed by atoms with Gasteiger partial charge in [-0.2, -0.15) is 0 Å². The zero-order valence-corrected chi connectivity index (χ0v) is 11.9. The number of piperidine rings is 1. The first kappa shape index (κ1) is 13.8. The number of methoxy groups -OCH3 is 1. The Labute approximate surface area is 113 Å². The molecule has 1 aromatic heterocycles. The Balaban J connectivity index is 1.96. The number of hydrogen-bond donors (Lipinski definition) is 0. The third-order valence-electron chi connectivity index (χ3n) is 3.36. The zero-order valence-electron chi connectivity index (χ0n) is 11.1. The molecule has 1 aliphatic heterocycles. The van der Waals surface area contributed by atoms with Crippen molar-refractivity contribution in [1.29, 1.82) is 0 Å². The first-order valence-electron chi connectivity index (χ1n) is 6.41. The monoisotopic (exact) mass is 267 g/mol. The van der Waals surface area contributed by atoms with Crippen LogP contribution in [0.15, 0.2) is 17.6 Å². The van der Waals surface area contributed by atoms with Crippen LogP contribution in [0.3, 0.4) is 0 Å². The zero-order chi connectivity index (χ0) is 12.8. The second-order valence-electron chi connectivity index (χ2n) is 4.65. The third kappa shape index (κ3) is 3.67. The molecule has 1 fully saturated rings. The van der Waals surface area contributed by atoms with E-state index in [9.17, 15) is 0 Å². The maximum absolute atomic E-state index is 5.31. The number of nitrogens with zero attached hydrogens (tertiary/aromatic N) is 3. The van der Waals surface area contributed by atoms with Crippen molar-refractivity contribution in [2.24, 2.45) is 0 Å². The van der Waals surface area contributed by atoms with Gasteiger partial charge in [-0.15, -0.1) is 0 Å². The lowest BCUT2D eigenvalue weighted by Gasteiger charge is -2.35. The Hall–Kier alpha value is -0.650. The second kappa shape index (κ2) is 7.07. The maximum Gasteiger partial charge on any atom is 0.187 e. The van der Waals surface area contributed by atoms with E-state index in [0.29, 0.717) is 6.04 Å². The quantitative estimate of drug-likeness (QED) is 0.604. The molecule has 5 heteroatoms.